The molecule has 2 heteroatoms. The van der Waals surface area contributed by atoms with Crippen molar-refractivity contribution in [3.05, 3.63) is 60.2 Å². The van der Waals surface area contributed by atoms with E-state index in [1.807, 2.05) is 6.07 Å². The van der Waals surface area contributed by atoms with E-state index >= 15 is 0 Å². The van der Waals surface area contributed by atoms with Gasteiger partial charge in [-0.25, -0.2) is 0 Å². The first-order valence-electron chi connectivity index (χ1n) is 7.12. The highest BCUT2D eigenvalue weighted by Gasteiger charge is 2.38. The SMILES string of the molecule is CC1(C(Cl)c2ccc(-c3ccccc3)cc2)CCCO1. The molecule has 2 unspecified atom stereocenters. The van der Waals surface area contributed by atoms with Crippen molar-refractivity contribution in [1.82, 2.24) is 0 Å². The van der Waals surface area contributed by atoms with Gasteiger partial charge in [0.2, 0.25) is 0 Å². The summed E-state index contributed by atoms with van der Waals surface area (Å²) in [5, 5.41) is -0.0881. The van der Waals surface area contributed by atoms with Crippen molar-refractivity contribution < 1.29 is 4.74 Å². The van der Waals surface area contributed by atoms with Gasteiger partial charge >= 0.3 is 0 Å². The van der Waals surface area contributed by atoms with Crippen LogP contribution in [0.3, 0.4) is 0 Å². The molecule has 1 aliphatic heterocycles. The van der Waals surface area contributed by atoms with Crippen molar-refractivity contribution in [2.24, 2.45) is 0 Å². The summed E-state index contributed by atoms with van der Waals surface area (Å²) in [5.41, 5.74) is 3.36. The van der Waals surface area contributed by atoms with E-state index in [9.17, 15) is 0 Å². The standard InChI is InChI=1S/C18H19ClO/c1-18(12-5-13-20-18)17(19)16-10-8-15(9-11-16)14-6-3-2-4-7-14/h2-4,6-11,17H,5,12-13H2,1H3. The third-order valence-corrected chi connectivity index (χ3v) is 4.81. The zero-order valence-electron chi connectivity index (χ0n) is 11.7. The lowest BCUT2D eigenvalue weighted by molar-refractivity contribution is 0.0164. The van der Waals surface area contributed by atoms with E-state index in [4.69, 9.17) is 16.3 Å². The fourth-order valence-corrected chi connectivity index (χ4v) is 3.15. The van der Waals surface area contributed by atoms with Crippen LogP contribution in [-0.2, 0) is 4.74 Å². The van der Waals surface area contributed by atoms with Crippen LogP contribution in [0.15, 0.2) is 54.6 Å². The third-order valence-electron chi connectivity index (χ3n) is 4.10. The lowest BCUT2D eigenvalue weighted by atomic mass is 9.92. The van der Waals surface area contributed by atoms with Gasteiger partial charge < -0.3 is 4.74 Å². The Kier molecular flexibility index (Phi) is 3.82. The number of halogens is 1. The molecule has 20 heavy (non-hydrogen) atoms. The minimum absolute atomic E-state index is 0.0881. The minimum Gasteiger partial charge on any atom is -0.373 e. The number of hydrogen-bond acceptors (Lipinski definition) is 1. The van der Waals surface area contributed by atoms with Crippen molar-refractivity contribution in [3.63, 3.8) is 0 Å². The van der Waals surface area contributed by atoms with E-state index in [0.717, 1.165) is 25.0 Å². The Morgan fingerprint density at radius 2 is 1.65 bits per heavy atom. The number of rotatable bonds is 3. The van der Waals surface area contributed by atoms with Crippen LogP contribution in [0.4, 0.5) is 0 Å². The molecule has 1 nitrogen and oxygen atoms in total. The fraction of sp³-hybridized carbons (Fsp3) is 0.333. The van der Waals surface area contributed by atoms with E-state index in [-0.39, 0.29) is 11.0 Å². The summed E-state index contributed by atoms with van der Waals surface area (Å²) in [6.45, 7) is 2.94. The lowest BCUT2D eigenvalue weighted by Gasteiger charge is -2.29. The highest BCUT2D eigenvalue weighted by atomic mass is 35.5. The highest BCUT2D eigenvalue weighted by Crippen LogP contribution is 2.42. The lowest BCUT2D eigenvalue weighted by Crippen LogP contribution is -2.28. The Morgan fingerprint density at radius 3 is 2.25 bits per heavy atom. The summed E-state index contributed by atoms with van der Waals surface area (Å²) in [4.78, 5) is 0. The molecule has 0 radical (unpaired) electrons. The van der Waals surface area contributed by atoms with Gasteiger partial charge in [0.25, 0.3) is 0 Å². The second-order valence-electron chi connectivity index (χ2n) is 5.62. The van der Waals surface area contributed by atoms with Crippen LogP contribution < -0.4 is 0 Å². The topological polar surface area (TPSA) is 9.23 Å². The van der Waals surface area contributed by atoms with Crippen LogP contribution >= 0.6 is 11.6 Å². The zero-order chi connectivity index (χ0) is 14.0. The van der Waals surface area contributed by atoms with Crippen LogP contribution in [0.25, 0.3) is 11.1 Å². The van der Waals surface area contributed by atoms with Gasteiger partial charge in [-0.05, 0) is 36.5 Å². The highest BCUT2D eigenvalue weighted by molar-refractivity contribution is 6.21. The predicted molar refractivity (Wildman–Crippen MR) is 84.1 cm³/mol. The maximum absolute atomic E-state index is 6.63. The summed E-state index contributed by atoms with van der Waals surface area (Å²) in [5.74, 6) is 0. The van der Waals surface area contributed by atoms with Gasteiger partial charge in [0.05, 0.1) is 11.0 Å². The van der Waals surface area contributed by atoms with Gasteiger partial charge in [-0.1, -0.05) is 54.6 Å². The van der Waals surface area contributed by atoms with Gasteiger partial charge in [0, 0.05) is 6.61 Å². The number of alkyl halides is 1. The van der Waals surface area contributed by atoms with Crippen molar-refractivity contribution in [2.75, 3.05) is 6.61 Å². The average molecular weight is 287 g/mol. The Balaban J connectivity index is 1.83. The van der Waals surface area contributed by atoms with Crippen LogP contribution in [-0.4, -0.2) is 12.2 Å². The molecule has 0 N–H and O–H groups in total. The molecule has 3 rings (SSSR count). The molecule has 2 atom stereocenters. The quantitative estimate of drug-likeness (QED) is 0.705. The molecule has 1 heterocycles. The monoisotopic (exact) mass is 286 g/mol. The molecule has 0 spiro atoms. The first-order chi connectivity index (χ1) is 9.69. The molecule has 0 amide bonds. The minimum atomic E-state index is -0.226. The molecule has 2 aromatic rings. The van der Waals surface area contributed by atoms with Crippen molar-refractivity contribution in [3.8, 4) is 11.1 Å². The molecule has 1 fully saturated rings. The smallest absolute Gasteiger partial charge is 0.0872 e. The summed E-state index contributed by atoms with van der Waals surface area (Å²) >= 11 is 6.63. The van der Waals surface area contributed by atoms with Gasteiger partial charge in [-0.2, -0.15) is 0 Å². The van der Waals surface area contributed by atoms with Crippen molar-refractivity contribution in [1.29, 1.82) is 0 Å². The summed E-state index contributed by atoms with van der Waals surface area (Å²) < 4.78 is 5.84. The van der Waals surface area contributed by atoms with Crippen molar-refractivity contribution >= 4 is 11.6 Å². The number of ether oxygens (including phenoxy) is 1. The molecular formula is C18H19ClO. The van der Waals surface area contributed by atoms with E-state index in [1.165, 1.54) is 11.1 Å². The fourth-order valence-electron chi connectivity index (χ4n) is 2.83. The second kappa shape index (κ2) is 5.59. The van der Waals surface area contributed by atoms with Gasteiger partial charge in [0.15, 0.2) is 0 Å². The Hall–Kier alpha value is -1.31. The van der Waals surface area contributed by atoms with E-state index < -0.39 is 0 Å². The first-order valence-corrected chi connectivity index (χ1v) is 7.56. The first kappa shape index (κ1) is 13.7. The second-order valence-corrected chi connectivity index (χ2v) is 6.05. The predicted octanol–water partition coefficient (Wildman–Crippen LogP) is 5.20. The van der Waals surface area contributed by atoms with Gasteiger partial charge in [0.1, 0.15) is 0 Å². The van der Waals surface area contributed by atoms with Crippen LogP contribution in [0, 0.1) is 0 Å². The molecule has 104 valence electrons. The van der Waals surface area contributed by atoms with Crippen LogP contribution in [0.2, 0.25) is 0 Å². The van der Waals surface area contributed by atoms with Crippen LogP contribution in [0.5, 0.6) is 0 Å². The maximum Gasteiger partial charge on any atom is 0.0872 e. The normalized spacial score (nSPS) is 23.7. The average Bonchev–Trinajstić information content (AvgIpc) is 2.96. The maximum atomic E-state index is 6.63. The molecule has 2 aromatic carbocycles. The van der Waals surface area contributed by atoms with Gasteiger partial charge in [-0.3, -0.25) is 0 Å². The Labute approximate surface area is 125 Å². The molecule has 0 aromatic heterocycles. The Bertz CT molecular complexity index is 556. The third kappa shape index (κ3) is 2.61. The van der Waals surface area contributed by atoms with E-state index in [2.05, 4.69) is 55.5 Å². The summed E-state index contributed by atoms with van der Waals surface area (Å²) in [7, 11) is 0. The number of benzene rings is 2. The molecular weight excluding hydrogens is 268 g/mol. The molecule has 0 bridgehead atoms. The summed E-state index contributed by atoms with van der Waals surface area (Å²) in [6, 6.07) is 18.9. The summed E-state index contributed by atoms with van der Waals surface area (Å²) in [6.07, 6.45) is 2.13. The Morgan fingerprint density at radius 1 is 1.00 bits per heavy atom. The van der Waals surface area contributed by atoms with E-state index in [0.29, 0.717) is 0 Å². The largest absolute Gasteiger partial charge is 0.373 e. The van der Waals surface area contributed by atoms with Gasteiger partial charge in [-0.15, -0.1) is 11.6 Å². The van der Waals surface area contributed by atoms with Crippen molar-refractivity contribution in [2.45, 2.75) is 30.7 Å². The molecule has 1 aliphatic rings. The zero-order valence-corrected chi connectivity index (χ0v) is 12.4. The molecule has 0 saturated carbocycles. The van der Waals surface area contributed by atoms with E-state index in [1.54, 1.807) is 0 Å². The van der Waals surface area contributed by atoms with Crippen LogP contribution in [0.1, 0.15) is 30.7 Å². The molecule has 1 saturated heterocycles. The number of hydrogen-bond donors (Lipinski definition) is 0. The molecule has 0 aliphatic carbocycles.